The fourth-order valence-corrected chi connectivity index (χ4v) is 2.65. The van der Waals surface area contributed by atoms with E-state index in [0.717, 1.165) is 17.5 Å². The molecule has 2 rings (SSSR count). The molecule has 0 aliphatic rings. The number of benzene rings is 2. The second-order valence-electron chi connectivity index (χ2n) is 4.88. The highest BCUT2D eigenvalue weighted by Crippen LogP contribution is 2.22. The maximum absolute atomic E-state index is 13.3. The summed E-state index contributed by atoms with van der Waals surface area (Å²) in [6.07, 6.45) is 1.45. The molecule has 2 aromatic rings. The molecule has 2 N–H and O–H groups in total. The first-order valence-electron chi connectivity index (χ1n) is 6.47. The first kappa shape index (κ1) is 15.3. The van der Waals surface area contributed by atoms with Crippen LogP contribution in [0, 0.1) is 11.7 Å². The van der Waals surface area contributed by atoms with Gasteiger partial charge in [0.15, 0.2) is 0 Å². The van der Waals surface area contributed by atoms with E-state index in [9.17, 15) is 4.39 Å². The van der Waals surface area contributed by atoms with Crippen LogP contribution >= 0.6 is 23.2 Å². The van der Waals surface area contributed by atoms with Crippen molar-refractivity contribution in [1.29, 1.82) is 0 Å². The molecular weight excluding hydrogens is 296 g/mol. The highest BCUT2D eigenvalue weighted by Gasteiger charge is 2.12. The van der Waals surface area contributed by atoms with Crippen molar-refractivity contribution in [2.75, 3.05) is 6.54 Å². The van der Waals surface area contributed by atoms with Crippen LogP contribution in [0.25, 0.3) is 0 Å². The van der Waals surface area contributed by atoms with Crippen LogP contribution in [0.15, 0.2) is 42.5 Å². The summed E-state index contributed by atoms with van der Waals surface area (Å²) in [6, 6.07) is 12.1. The van der Waals surface area contributed by atoms with E-state index in [2.05, 4.69) is 0 Å². The van der Waals surface area contributed by atoms with Crippen molar-refractivity contribution in [3.63, 3.8) is 0 Å². The molecule has 1 nitrogen and oxygen atoms in total. The topological polar surface area (TPSA) is 26.0 Å². The maximum Gasteiger partial charge on any atom is 0.123 e. The number of hydrogen-bond acceptors (Lipinski definition) is 1. The van der Waals surface area contributed by atoms with Gasteiger partial charge >= 0.3 is 0 Å². The van der Waals surface area contributed by atoms with Crippen LogP contribution in [0.3, 0.4) is 0 Å². The van der Waals surface area contributed by atoms with Gasteiger partial charge in [-0.05, 0) is 66.8 Å². The zero-order chi connectivity index (χ0) is 14.5. The van der Waals surface area contributed by atoms with Gasteiger partial charge in [-0.3, -0.25) is 0 Å². The summed E-state index contributed by atoms with van der Waals surface area (Å²) in [5, 5.41) is 1.29. The Balaban J connectivity index is 2.11. The zero-order valence-corrected chi connectivity index (χ0v) is 12.5. The first-order valence-corrected chi connectivity index (χ1v) is 7.22. The normalized spacial score (nSPS) is 12.4. The molecule has 0 aromatic heterocycles. The second-order valence-corrected chi connectivity index (χ2v) is 5.72. The van der Waals surface area contributed by atoms with Crippen molar-refractivity contribution in [3.05, 3.63) is 69.5 Å². The van der Waals surface area contributed by atoms with Gasteiger partial charge in [0.25, 0.3) is 0 Å². The van der Waals surface area contributed by atoms with Gasteiger partial charge in [-0.15, -0.1) is 0 Å². The molecule has 0 saturated heterocycles. The fraction of sp³-hybridized carbons (Fsp3) is 0.250. The average molecular weight is 312 g/mol. The van der Waals surface area contributed by atoms with Crippen molar-refractivity contribution in [1.82, 2.24) is 0 Å². The van der Waals surface area contributed by atoms with E-state index in [1.54, 1.807) is 6.07 Å². The molecule has 1 atom stereocenters. The summed E-state index contributed by atoms with van der Waals surface area (Å²) < 4.78 is 13.3. The number of rotatable bonds is 5. The van der Waals surface area contributed by atoms with Crippen LogP contribution in [-0.2, 0) is 12.8 Å². The van der Waals surface area contributed by atoms with E-state index in [0.29, 0.717) is 23.0 Å². The number of halogens is 3. The lowest BCUT2D eigenvalue weighted by Gasteiger charge is -2.16. The Morgan fingerprint density at radius 2 is 1.85 bits per heavy atom. The molecule has 0 aliphatic carbocycles. The lowest BCUT2D eigenvalue weighted by Crippen LogP contribution is -2.19. The van der Waals surface area contributed by atoms with Crippen LogP contribution in [0.2, 0.25) is 10.0 Å². The standard InChI is InChI=1S/C16H16Cl2FN/c17-14-3-1-2-11(8-14)6-12(10-20)7-13-9-15(19)4-5-16(13)18/h1-5,8-9,12H,6-7,10,20H2. The van der Waals surface area contributed by atoms with E-state index in [-0.39, 0.29) is 11.7 Å². The molecule has 0 amide bonds. The molecule has 0 radical (unpaired) electrons. The third kappa shape index (κ3) is 4.20. The minimum atomic E-state index is -0.275. The molecule has 106 valence electrons. The monoisotopic (exact) mass is 311 g/mol. The van der Waals surface area contributed by atoms with Crippen molar-refractivity contribution >= 4 is 23.2 Å². The first-order chi connectivity index (χ1) is 9.58. The SMILES string of the molecule is NCC(Cc1cccc(Cl)c1)Cc1cc(F)ccc1Cl. The van der Waals surface area contributed by atoms with E-state index >= 15 is 0 Å². The predicted octanol–water partition coefficient (Wildman–Crippen LogP) is 4.49. The Kier molecular flexibility index (Phi) is 5.41. The quantitative estimate of drug-likeness (QED) is 0.865. The summed E-state index contributed by atoms with van der Waals surface area (Å²) in [6.45, 7) is 0.513. The summed E-state index contributed by atoms with van der Waals surface area (Å²) >= 11 is 12.1. The van der Waals surface area contributed by atoms with Crippen LogP contribution in [0.5, 0.6) is 0 Å². The summed E-state index contributed by atoms with van der Waals surface area (Å²) in [7, 11) is 0. The molecule has 4 heteroatoms. The Bertz CT molecular complexity index is 586. The third-order valence-electron chi connectivity index (χ3n) is 3.26. The third-order valence-corrected chi connectivity index (χ3v) is 3.87. The largest absolute Gasteiger partial charge is 0.330 e. The molecule has 0 aliphatic heterocycles. The van der Waals surface area contributed by atoms with Crippen LogP contribution < -0.4 is 5.73 Å². The van der Waals surface area contributed by atoms with Gasteiger partial charge in [-0.25, -0.2) is 4.39 Å². The maximum atomic E-state index is 13.3. The summed E-state index contributed by atoms with van der Waals surface area (Å²) in [4.78, 5) is 0. The van der Waals surface area contributed by atoms with Crippen LogP contribution in [-0.4, -0.2) is 6.54 Å². The van der Waals surface area contributed by atoms with E-state index in [1.807, 2.05) is 24.3 Å². The average Bonchev–Trinajstić information content (AvgIpc) is 2.42. The van der Waals surface area contributed by atoms with Crippen LogP contribution in [0.1, 0.15) is 11.1 Å². The van der Waals surface area contributed by atoms with Gasteiger partial charge in [0.1, 0.15) is 5.82 Å². The number of nitrogens with two attached hydrogens (primary N) is 1. The highest BCUT2D eigenvalue weighted by molar-refractivity contribution is 6.31. The van der Waals surface area contributed by atoms with Gasteiger partial charge in [-0.2, -0.15) is 0 Å². The van der Waals surface area contributed by atoms with Gasteiger partial charge in [0.05, 0.1) is 0 Å². The van der Waals surface area contributed by atoms with Crippen molar-refractivity contribution in [3.8, 4) is 0 Å². The molecule has 0 bridgehead atoms. The molecule has 2 aromatic carbocycles. The van der Waals surface area contributed by atoms with Gasteiger partial charge in [0.2, 0.25) is 0 Å². The van der Waals surface area contributed by atoms with Crippen molar-refractivity contribution < 1.29 is 4.39 Å². The minimum Gasteiger partial charge on any atom is -0.330 e. The molecule has 0 saturated carbocycles. The van der Waals surface area contributed by atoms with E-state index < -0.39 is 0 Å². The molecular formula is C16H16Cl2FN. The highest BCUT2D eigenvalue weighted by atomic mass is 35.5. The molecule has 0 spiro atoms. The number of hydrogen-bond donors (Lipinski definition) is 1. The van der Waals surface area contributed by atoms with Gasteiger partial charge < -0.3 is 5.73 Å². The van der Waals surface area contributed by atoms with Crippen molar-refractivity contribution in [2.24, 2.45) is 11.7 Å². The lowest BCUT2D eigenvalue weighted by atomic mass is 9.92. The van der Waals surface area contributed by atoms with Gasteiger partial charge in [0, 0.05) is 10.0 Å². The molecule has 1 unspecified atom stereocenters. The lowest BCUT2D eigenvalue weighted by molar-refractivity contribution is 0.530. The van der Waals surface area contributed by atoms with E-state index in [4.69, 9.17) is 28.9 Å². The molecule has 20 heavy (non-hydrogen) atoms. The molecule has 0 fully saturated rings. The predicted molar refractivity (Wildman–Crippen MR) is 82.8 cm³/mol. The van der Waals surface area contributed by atoms with Crippen LogP contribution in [0.4, 0.5) is 4.39 Å². The second kappa shape index (κ2) is 7.07. The van der Waals surface area contributed by atoms with Gasteiger partial charge in [-0.1, -0.05) is 35.3 Å². The van der Waals surface area contributed by atoms with Crippen molar-refractivity contribution in [2.45, 2.75) is 12.8 Å². The molecule has 0 heterocycles. The fourth-order valence-electron chi connectivity index (χ4n) is 2.25. The minimum absolute atomic E-state index is 0.202. The Labute approximate surface area is 128 Å². The zero-order valence-electron chi connectivity index (χ0n) is 11.0. The van der Waals surface area contributed by atoms with E-state index in [1.165, 1.54) is 12.1 Å². The smallest absolute Gasteiger partial charge is 0.123 e. The Morgan fingerprint density at radius 1 is 1.05 bits per heavy atom. The Morgan fingerprint density at radius 3 is 2.55 bits per heavy atom. The summed E-state index contributed by atoms with van der Waals surface area (Å²) in [5.74, 6) is -0.0734. The summed E-state index contributed by atoms with van der Waals surface area (Å²) in [5.41, 5.74) is 7.75. The Hall–Kier alpha value is -1.09.